The molecule has 1 heterocycles. The molecule has 0 fully saturated rings. The van der Waals surface area contributed by atoms with Gasteiger partial charge in [0.15, 0.2) is 12.1 Å². The SMILES string of the molecule is Cc1n[n+](C)c(C)s1. The second kappa shape index (κ2) is 1.82. The molecule has 0 spiro atoms. The van der Waals surface area contributed by atoms with Crippen molar-refractivity contribution in [3.05, 3.63) is 10.0 Å². The molecule has 3 heteroatoms. The topological polar surface area (TPSA) is 16.8 Å². The number of rotatable bonds is 0. The molecule has 0 amide bonds. The standard InChI is InChI=1S/C5H9N2S/c1-4-6-7(3)5(2)8-4/h1-3H3/q+1. The normalized spacial score (nSPS) is 9.88. The number of aryl methyl sites for hydroxylation is 3. The smallest absolute Gasteiger partial charge is 0.0804 e. The molecule has 1 aromatic heterocycles. The predicted octanol–water partition coefficient (Wildman–Crippen LogP) is 0.584. The molecule has 44 valence electrons. The van der Waals surface area contributed by atoms with Crippen LogP contribution in [0.5, 0.6) is 0 Å². The molecule has 2 nitrogen and oxygen atoms in total. The molecule has 0 unspecified atom stereocenters. The van der Waals surface area contributed by atoms with Gasteiger partial charge >= 0.3 is 0 Å². The molecule has 0 bridgehead atoms. The van der Waals surface area contributed by atoms with E-state index in [0.29, 0.717) is 0 Å². The summed E-state index contributed by atoms with van der Waals surface area (Å²) >= 11 is 1.72. The second-order valence-electron chi connectivity index (χ2n) is 1.76. The Morgan fingerprint density at radius 1 is 1.50 bits per heavy atom. The van der Waals surface area contributed by atoms with Gasteiger partial charge in [-0.05, 0) is 6.92 Å². The van der Waals surface area contributed by atoms with Gasteiger partial charge in [-0.3, -0.25) is 0 Å². The Kier molecular flexibility index (Phi) is 1.29. The van der Waals surface area contributed by atoms with E-state index in [4.69, 9.17) is 0 Å². The van der Waals surface area contributed by atoms with Crippen LogP contribution in [0.4, 0.5) is 0 Å². The van der Waals surface area contributed by atoms with Gasteiger partial charge < -0.3 is 0 Å². The van der Waals surface area contributed by atoms with E-state index in [0.717, 1.165) is 5.01 Å². The largest absolute Gasteiger partial charge is 0.261 e. The molecule has 0 aliphatic rings. The lowest BCUT2D eigenvalue weighted by molar-refractivity contribution is -0.731. The van der Waals surface area contributed by atoms with Gasteiger partial charge in [-0.25, -0.2) is 0 Å². The van der Waals surface area contributed by atoms with Crippen LogP contribution >= 0.6 is 11.3 Å². The molecule has 1 rings (SSSR count). The molecule has 0 radical (unpaired) electrons. The van der Waals surface area contributed by atoms with Gasteiger partial charge in [0.1, 0.15) is 0 Å². The molecular formula is C5H9N2S+. The van der Waals surface area contributed by atoms with Crippen LogP contribution in [0.25, 0.3) is 0 Å². The van der Waals surface area contributed by atoms with E-state index in [2.05, 4.69) is 12.0 Å². The highest BCUT2D eigenvalue weighted by Gasteiger charge is 2.04. The number of aromatic nitrogens is 2. The van der Waals surface area contributed by atoms with Crippen LogP contribution in [0.3, 0.4) is 0 Å². The van der Waals surface area contributed by atoms with Crippen LogP contribution < -0.4 is 4.68 Å². The van der Waals surface area contributed by atoms with Crippen molar-refractivity contribution in [2.24, 2.45) is 7.05 Å². The summed E-state index contributed by atoms with van der Waals surface area (Å²) in [5.41, 5.74) is 0. The van der Waals surface area contributed by atoms with Crippen molar-refractivity contribution in [2.45, 2.75) is 13.8 Å². The van der Waals surface area contributed by atoms with Crippen molar-refractivity contribution in [3.63, 3.8) is 0 Å². The third-order valence-electron chi connectivity index (χ3n) is 1.04. The zero-order chi connectivity index (χ0) is 6.15. The average molecular weight is 129 g/mol. The summed E-state index contributed by atoms with van der Waals surface area (Å²) < 4.78 is 1.89. The van der Waals surface area contributed by atoms with E-state index >= 15 is 0 Å². The zero-order valence-electron chi connectivity index (χ0n) is 5.30. The van der Waals surface area contributed by atoms with E-state index in [1.165, 1.54) is 5.01 Å². The summed E-state index contributed by atoms with van der Waals surface area (Å²) in [4.78, 5) is 0. The lowest BCUT2D eigenvalue weighted by Gasteiger charge is -1.70. The minimum absolute atomic E-state index is 1.13. The lowest BCUT2D eigenvalue weighted by Crippen LogP contribution is -2.32. The van der Waals surface area contributed by atoms with Crippen molar-refractivity contribution in [1.82, 2.24) is 5.10 Å². The van der Waals surface area contributed by atoms with Gasteiger partial charge in [0.25, 0.3) is 5.01 Å². The van der Waals surface area contributed by atoms with Crippen LogP contribution in [0.1, 0.15) is 10.0 Å². The van der Waals surface area contributed by atoms with E-state index in [9.17, 15) is 0 Å². The van der Waals surface area contributed by atoms with Crippen molar-refractivity contribution < 1.29 is 4.68 Å². The van der Waals surface area contributed by atoms with Crippen LogP contribution in [-0.4, -0.2) is 5.10 Å². The second-order valence-corrected chi connectivity index (χ2v) is 3.15. The van der Waals surface area contributed by atoms with E-state index in [-0.39, 0.29) is 0 Å². The first-order chi connectivity index (χ1) is 3.70. The van der Waals surface area contributed by atoms with Gasteiger partial charge in [-0.1, -0.05) is 16.0 Å². The molecule has 0 saturated heterocycles. The van der Waals surface area contributed by atoms with Crippen LogP contribution in [-0.2, 0) is 7.05 Å². The summed E-state index contributed by atoms with van der Waals surface area (Å²) in [5, 5.41) is 6.53. The maximum absolute atomic E-state index is 4.15. The van der Waals surface area contributed by atoms with Crippen LogP contribution in [0, 0.1) is 13.8 Å². The Bertz CT molecular complexity index is 173. The molecule has 1 aromatic rings. The van der Waals surface area contributed by atoms with Crippen molar-refractivity contribution >= 4 is 11.3 Å². The molecular weight excluding hydrogens is 120 g/mol. The minimum atomic E-state index is 1.13. The molecule has 8 heavy (non-hydrogen) atoms. The minimum Gasteiger partial charge on any atom is -0.0804 e. The first kappa shape index (κ1) is 5.69. The Labute approximate surface area is 52.8 Å². The summed E-state index contributed by atoms with van der Waals surface area (Å²) in [7, 11) is 1.96. The van der Waals surface area contributed by atoms with Gasteiger partial charge in [0.05, 0.1) is 0 Å². The molecule has 0 aliphatic heterocycles. The van der Waals surface area contributed by atoms with Crippen LogP contribution in [0.2, 0.25) is 0 Å². The van der Waals surface area contributed by atoms with Gasteiger partial charge in [0, 0.05) is 12.0 Å². The Morgan fingerprint density at radius 3 is 2.25 bits per heavy atom. The highest BCUT2D eigenvalue weighted by atomic mass is 32.1. The number of hydrogen-bond donors (Lipinski definition) is 0. The summed E-state index contributed by atoms with van der Waals surface area (Å²) in [6.45, 7) is 4.07. The van der Waals surface area contributed by atoms with E-state index in [1.807, 2.05) is 18.7 Å². The van der Waals surface area contributed by atoms with Crippen molar-refractivity contribution in [3.8, 4) is 0 Å². The third kappa shape index (κ3) is 0.865. The summed E-state index contributed by atoms with van der Waals surface area (Å²) in [6, 6.07) is 0. The zero-order valence-corrected chi connectivity index (χ0v) is 6.12. The lowest BCUT2D eigenvalue weighted by atomic mass is 10.8. The number of hydrogen-bond acceptors (Lipinski definition) is 2. The first-order valence-electron chi connectivity index (χ1n) is 2.50. The molecule has 0 aromatic carbocycles. The van der Waals surface area contributed by atoms with Gasteiger partial charge in [0.2, 0.25) is 0 Å². The van der Waals surface area contributed by atoms with Gasteiger partial charge in [-0.15, -0.1) is 0 Å². The third-order valence-corrected chi connectivity index (χ3v) is 1.98. The Hall–Kier alpha value is -0.440. The van der Waals surface area contributed by atoms with Crippen molar-refractivity contribution in [1.29, 1.82) is 0 Å². The number of nitrogens with zero attached hydrogens (tertiary/aromatic N) is 2. The quantitative estimate of drug-likeness (QED) is 0.468. The van der Waals surface area contributed by atoms with Crippen molar-refractivity contribution in [2.75, 3.05) is 0 Å². The fraction of sp³-hybridized carbons (Fsp3) is 0.600. The average Bonchev–Trinajstić information content (AvgIpc) is 1.85. The molecule has 0 saturated carbocycles. The molecule has 0 aliphatic carbocycles. The monoisotopic (exact) mass is 129 g/mol. The summed E-state index contributed by atoms with van der Waals surface area (Å²) in [5.74, 6) is 0. The van der Waals surface area contributed by atoms with E-state index in [1.54, 1.807) is 11.3 Å². The predicted molar refractivity (Wildman–Crippen MR) is 32.8 cm³/mol. The fourth-order valence-electron chi connectivity index (χ4n) is 0.582. The maximum atomic E-state index is 4.15. The maximum Gasteiger partial charge on any atom is 0.261 e. The van der Waals surface area contributed by atoms with Gasteiger partial charge in [-0.2, -0.15) is 0 Å². The fourth-order valence-corrected chi connectivity index (χ4v) is 1.35. The highest BCUT2D eigenvalue weighted by Crippen LogP contribution is 2.02. The Morgan fingerprint density at radius 2 is 2.12 bits per heavy atom. The van der Waals surface area contributed by atoms with E-state index < -0.39 is 0 Å². The molecule has 0 N–H and O–H groups in total. The van der Waals surface area contributed by atoms with Crippen LogP contribution in [0.15, 0.2) is 0 Å². The first-order valence-corrected chi connectivity index (χ1v) is 3.32. The summed E-state index contributed by atoms with van der Waals surface area (Å²) in [6.07, 6.45) is 0. The Balaban J connectivity index is 3.14. The molecule has 0 atom stereocenters. The highest BCUT2D eigenvalue weighted by molar-refractivity contribution is 7.10.